The molecule has 1 aromatic carbocycles. The van der Waals surface area contributed by atoms with Crippen molar-refractivity contribution < 1.29 is 40.9 Å². The average molecular weight is 475 g/mol. The van der Waals surface area contributed by atoms with E-state index in [0.29, 0.717) is 12.3 Å². The number of aliphatic hydroxyl groups is 2. The van der Waals surface area contributed by atoms with Crippen LogP contribution in [0.25, 0.3) is 0 Å². The monoisotopic (exact) mass is 475 g/mol. The first-order chi connectivity index (χ1) is 14.8. The molecule has 1 saturated heterocycles. The predicted molar refractivity (Wildman–Crippen MR) is 100 cm³/mol. The molecule has 0 spiro atoms. The van der Waals surface area contributed by atoms with Crippen molar-refractivity contribution in [2.75, 3.05) is 13.1 Å². The lowest BCUT2D eigenvalue weighted by Crippen LogP contribution is -2.53. The third kappa shape index (κ3) is 4.40. The normalized spacial score (nSPS) is 23.0. The lowest BCUT2D eigenvalue weighted by atomic mass is 9.94. The molecule has 0 radical (unpaired) electrons. The van der Waals surface area contributed by atoms with Crippen LogP contribution in [0, 0.1) is 17.1 Å². The molecule has 0 saturated carbocycles. The largest absolute Gasteiger partial charge is 0.486 e. The van der Waals surface area contributed by atoms with Gasteiger partial charge in [-0.2, -0.15) is 22.7 Å². The number of aromatic nitrogens is 1. The van der Waals surface area contributed by atoms with Crippen molar-refractivity contribution in [3.8, 4) is 11.8 Å². The summed E-state index contributed by atoms with van der Waals surface area (Å²) in [6.45, 7) is 0.0648. The van der Waals surface area contributed by atoms with E-state index >= 15 is 0 Å². The fourth-order valence-electron chi connectivity index (χ4n) is 3.19. The molecule has 3 rings (SSSR count). The first-order valence-electron chi connectivity index (χ1n) is 9.09. The van der Waals surface area contributed by atoms with Crippen LogP contribution in [-0.2, 0) is 16.2 Å². The van der Waals surface area contributed by atoms with Crippen molar-refractivity contribution in [2.45, 2.75) is 35.8 Å². The van der Waals surface area contributed by atoms with Gasteiger partial charge in [0.15, 0.2) is 0 Å². The molecule has 0 amide bonds. The molecular weight excluding hydrogens is 458 g/mol. The zero-order chi connectivity index (χ0) is 23.9. The summed E-state index contributed by atoms with van der Waals surface area (Å²) in [5.74, 6) is -1.02. The molecule has 0 aliphatic carbocycles. The molecule has 1 aliphatic rings. The Hall–Kier alpha value is -2.79. The zero-order valence-electron chi connectivity index (χ0n) is 16.4. The van der Waals surface area contributed by atoms with Crippen LogP contribution in [0.2, 0.25) is 0 Å². The second-order valence-corrected chi connectivity index (χ2v) is 9.14. The van der Waals surface area contributed by atoms with Crippen molar-refractivity contribution in [3.05, 3.63) is 53.6 Å². The van der Waals surface area contributed by atoms with Crippen LogP contribution in [0.1, 0.15) is 18.2 Å². The molecule has 1 aromatic heterocycles. The second-order valence-electron chi connectivity index (χ2n) is 7.20. The molecule has 1 aliphatic heterocycles. The number of rotatable bonds is 5. The van der Waals surface area contributed by atoms with Crippen LogP contribution in [0.15, 0.2) is 41.4 Å². The van der Waals surface area contributed by atoms with Gasteiger partial charge in [-0.3, -0.25) is 4.98 Å². The zero-order valence-corrected chi connectivity index (χ0v) is 17.2. The van der Waals surface area contributed by atoms with E-state index in [2.05, 4.69) is 4.98 Å². The molecule has 8 nitrogen and oxygen atoms in total. The van der Waals surface area contributed by atoms with Gasteiger partial charge >= 0.3 is 6.18 Å². The van der Waals surface area contributed by atoms with Crippen LogP contribution in [0.3, 0.4) is 0 Å². The Morgan fingerprint density at radius 2 is 2.03 bits per heavy atom. The van der Waals surface area contributed by atoms with Gasteiger partial charge < -0.3 is 14.9 Å². The Labute approximate surface area is 180 Å². The molecule has 3 atom stereocenters. The van der Waals surface area contributed by atoms with Gasteiger partial charge in [0.2, 0.25) is 10.0 Å². The number of benzene rings is 1. The molecule has 0 bridgehead atoms. The highest BCUT2D eigenvalue weighted by atomic mass is 32.2. The number of halogens is 4. The van der Waals surface area contributed by atoms with Gasteiger partial charge in [0.25, 0.3) is 0 Å². The number of alkyl halides is 3. The van der Waals surface area contributed by atoms with Crippen LogP contribution in [-0.4, -0.2) is 58.8 Å². The maximum absolute atomic E-state index is 13.9. The molecule has 13 heteroatoms. The van der Waals surface area contributed by atoms with Gasteiger partial charge in [0, 0.05) is 18.8 Å². The fourth-order valence-corrected chi connectivity index (χ4v) is 4.62. The minimum atomic E-state index is -4.75. The quantitative estimate of drug-likeness (QED) is 0.631. The topological polar surface area (TPSA) is 124 Å². The number of aliphatic hydroxyl groups excluding tert-OH is 1. The van der Waals surface area contributed by atoms with Crippen molar-refractivity contribution in [2.24, 2.45) is 0 Å². The summed E-state index contributed by atoms with van der Waals surface area (Å²) in [6, 6.07) is 6.11. The van der Waals surface area contributed by atoms with E-state index in [0.717, 1.165) is 22.5 Å². The smallest absolute Gasteiger partial charge is 0.433 e. The summed E-state index contributed by atoms with van der Waals surface area (Å²) in [4.78, 5) is 2.58. The van der Waals surface area contributed by atoms with Gasteiger partial charge in [-0.25, -0.2) is 12.8 Å². The number of sulfonamides is 1. The number of nitriles is 1. The first-order valence-corrected chi connectivity index (χ1v) is 10.5. The lowest BCUT2D eigenvalue weighted by molar-refractivity contribution is -0.141. The van der Waals surface area contributed by atoms with Crippen molar-refractivity contribution in [1.29, 1.82) is 5.26 Å². The van der Waals surface area contributed by atoms with Gasteiger partial charge in [-0.05, 0) is 31.2 Å². The van der Waals surface area contributed by atoms with E-state index in [4.69, 9.17) is 10.00 Å². The van der Waals surface area contributed by atoms with E-state index in [1.165, 1.54) is 13.0 Å². The standard InChI is InChI=1S/C19H17F4N3O5S/c1-11(27)18(28)10-26(9-17(18)31-13-3-2-12(7-24)15(20)6-13)32(29,30)14-4-5-16(25-8-14)19(21,22)23/h2-6,8,11,17,27-28H,9-10H2,1H3/t11?,17-,18+/m0/s1. The average Bonchev–Trinajstić information content (AvgIpc) is 3.06. The maximum Gasteiger partial charge on any atom is 0.433 e. The molecule has 2 aromatic rings. The van der Waals surface area contributed by atoms with Gasteiger partial charge in [-0.15, -0.1) is 0 Å². The van der Waals surface area contributed by atoms with Crippen LogP contribution < -0.4 is 4.74 Å². The summed E-state index contributed by atoms with van der Waals surface area (Å²) >= 11 is 0. The molecule has 2 heterocycles. The third-order valence-electron chi connectivity index (χ3n) is 5.08. The number of nitrogens with zero attached hydrogens (tertiary/aromatic N) is 3. The van der Waals surface area contributed by atoms with Crippen molar-refractivity contribution in [1.82, 2.24) is 9.29 Å². The maximum atomic E-state index is 13.9. The highest BCUT2D eigenvalue weighted by Crippen LogP contribution is 2.34. The third-order valence-corrected chi connectivity index (χ3v) is 6.88. The Bertz CT molecular complexity index is 1150. The van der Waals surface area contributed by atoms with Gasteiger partial charge in [0.1, 0.15) is 39.9 Å². The highest BCUT2D eigenvalue weighted by Gasteiger charge is 2.54. The SMILES string of the molecule is CC(O)[C@]1(O)CN(S(=O)(=O)c2ccc(C(F)(F)F)nc2)C[C@@H]1Oc1ccc(C#N)c(F)c1. The summed E-state index contributed by atoms with van der Waals surface area (Å²) in [5.41, 5.74) is -3.65. The van der Waals surface area contributed by atoms with E-state index in [1.54, 1.807) is 6.07 Å². The summed E-state index contributed by atoms with van der Waals surface area (Å²) < 4.78 is 84.0. The van der Waals surface area contributed by atoms with E-state index < -0.39 is 63.5 Å². The van der Waals surface area contributed by atoms with E-state index in [9.17, 15) is 36.2 Å². The Morgan fingerprint density at radius 1 is 1.34 bits per heavy atom. The minimum absolute atomic E-state index is 0.124. The predicted octanol–water partition coefficient (Wildman–Crippen LogP) is 1.67. The molecule has 172 valence electrons. The number of β-amino-alcohol motifs (C(OH)–C–C–N with tert-alkyl or cyclic N) is 1. The van der Waals surface area contributed by atoms with Crippen molar-refractivity contribution >= 4 is 10.0 Å². The lowest BCUT2D eigenvalue weighted by Gasteiger charge is -2.31. The van der Waals surface area contributed by atoms with E-state index in [1.807, 2.05) is 0 Å². The van der Waals surface area contributed by atoms with Crippen LogP contribution in [0.4, 0.5) is 17.6 Å². The fraction of sp³-hybridized carbons (Fsp3) is 0.368. The minimum Gasteiger partial charge on any atom is -0.486 e. The van der Waals surface area contributed by atoms with Crippen molar-refractivity contribution in [3.63, 3.8) is 0 Å². The molecule has 1 unspecified atom stereocenters. The molecular formula is C19H17F4N3O5S. The van der Waals surface area contributed by atoms with Crippen LogP contribution >= 0.6 is 0 Å². The van der Waals surface area contributed by atoms with E-state index in [-0.39, 0.29) is 11.3 Å². The Kier molecular flexibility index (Phi) is 6.18. The van der Waals surface area contributed by atoms with Gasteiger partial charge in [-0.1, -0.05) is 0 Å². The van der Waals surface area contributed by atoms with Crippen LogP contribution in [0.5, 0.6) is 5.75 Å². The highest BCUT2D eigenvalue weighted by molar-refractivity contribution is 7.89. The summed E-state index contributed by atoms with van der Waals surface area (Å²) in [7, 11) is -4.41. The summed E-state index contributed by atoms with van der Waals surface area (Å²) in [5, 5.41) is 29.8. The second kappa shape index (κ2) is 8.28. The number of hydrogen-bond acceptors (Lipinski definition) is 7. The molecule has 32 heavy (non-hydrogen) atoms. The van der Waals surface area contributed by atoms with Gasteiger partial charge in [0.05, 0.1) is 18.2 Å². The first kappa shape index (κ1) is 23.9. The number of ether oxygens (including phenoxy) is 1. The molecule has 2 N–H and O–H groups in total. The summed E-state index contributed by atoms with van der Waals surface area (Å²) in [6.07, 6.45) is -7.05. The Balaban J connectivity index is 1.89. The Morgan fingerprint density at radius 3 is 2.53 bits per heavy atom. The molecule has 1 fully saturated rings. The number of hydrogen-bond donors (Lipinski definition) is 2. The number of pyridine rings is 1.